The molecule has 3 aromatic carbocycles. The molecule has 1 fully saturated rings. The van der Waals surface area contributed by atoms with Crippen molar-refractivity contribution in [2.24, 2.45) is 5.92 Å². The molecule has 0 bridgehead atoms. The number of rotatable bonds is 3. The normalized spacial score (nSPS) is 23.0. The summed E-state index contributed by atoms with van der Waals surface area (Å²) >= 11 is 0. The van der Waals surface area contributed by atoms with E-state index in [1.807, 2.05) is 18.2 Å². The van der Waals surface area contributed by atoms with Crippen LogP contribution in [0.2, 0.25) is 0 Å². The summed E-state index contributed by atoms with van der Waals surface area (Å²) in [5, 5.41) is 0. The number of nitrogens with one attached hydrogen (secondary N) is 2. The van der Waals surface area contributed by atoms with Crippen LogP contribution in [0.25, 0.3) is 0 Å². The first-order valence-corrected chi connectivity index (χ1v) is 9.95. The van der Waals surface area contributed by atoms with Crippen molar-refractivity contribution in [2.45, 2.75) is 25.6 Å². The largest absolute Gasteiger partial charge is 0.366 e. The molecule has 2 heterocycles. The van der Waals surface area contributed by atoms with E-state index < -0.39 is 0 Å². The topological polar surface area (TPSA) is 27.3 Å². The third-order valence-electron chi connectivity index (χ3n) is 6.10. The number of anilines is 1. The predicted octanol–water partition coefficient (Wildman–Crippen LogP) is 4.80. The molecule has 5 rings (SSSR count). The van der Waals surface area contributed by atoms with Gasteiger partial charge in [-0.05, 0) is 42.3 Å². The highest BCUT2D eigenvalue weighted by atomic mass is 19.1. The first-order chi connectivity index (χ1) is 14.1. The first-order valence-electron chi connectivity index (χ1n) is 9.95. The van der Waals surface area contributed by atoms with Crippen molar-refractivity contribution >= 4 is 5.69 Å². The molecule has 1 saturated heterocycles. The van der Waals surface area contributed by atoms with E-state index in [0.717, 1.165) is 17.8 Å². The molecule has 0 aromatic heterocycles. The fourth-order valence-corrected chi connectivity index (χ4v) is 4.61. The van der Waals surface area contributed by atoms with Crippen molar-refractivity contribution in [1.82, 2.24) is 10.9 Å². The lowest BCUT2D eigenvalue weighted by molar-refractivity contribution is 0.399. The van der Waals surface area contributed by atoms with Crippen molar-refractivity contribution in [2.75, 3.05) is 11.4 Å². The van der Waals surface area contributed by atoms with Crippen LogP contribution in [-0.2, 0) is 6.54 Å². The fourth-order valence-electron chi connectivity index (χ4n) is 4.61. The van der Waals surface area contributed by atoms with E-state index in [1.165, 1.54) is 23.3 Å². The van der Waals surface area contributed by atoms with Gasteiger partial charge in [-0.1, -0.05) is 48.0 Å². The number of nitrogens with zero attached hydrogens (tertiary/aromatic N) is 1. The summed E-state index contributed by atoms with van der Waals surface area (Å²) in [6.45, 7) is 3.27. The Bertz CT molecular complexity index is 1030. The van der Waals surface area contributed by atoms with Gasteiger partial charge in [-0.3, -0.25) is 0 Å². The maximum absolute atomic E-state index is 14.3. The Morgan fingerprint density at radius 2 is 1.69 bits per heavy atom. The van der Waals surface area contributed by atoms with E-state index in [0.29, 0.717) is 12.1 Å². The van der Waals surface area contributed by atoms with Gasteiger partial charge in [0.1, 0.15) is 11.6 Å². The summed E-state index contributed by atoms with van der Waals surface area (Å²) < 4.78 is 28.4. The van der Waals surface area contributed by atoms with Crippen LogP contribution in [0.5, 0.6) is 0 Å². The highest BCUT2D eigenvalue weighted by Gasteiger charge is 2.43. The van der Waals surface area contributed by atoms with Crippen LogP contribution in [0.4, 0.5) is 14.5 Å². The zero-order valence-corrected chi connectivity index (χ0v) is 16.2. The van der Waals surface area contributed by atoms with Crippen molar-refractivity contribution in [3.05, 3.63) is 101 Å². The zero-order chi connectivity index (χ0) is 20.0. The molecule has 2 N–H and O–H groups in total. The van der Waals surface area contributed by atoms with Crippen LogP contribution in [0.3, 0.4) is 0 Å². The zero-order valence-electron chi connectivity index (χ0n) is 16.2. The molecular formula is C24H23F2N3. The van der Waals surface area contributed by atoms with Gasteiger partial charge in [0.05, 0.1) is 12.1 Å². The molecular weight excluding hydrogens is 368 g/mol. The predicted molar refractivity (Wildman–Crippen MR) is 110 cm³/mol. The molecule has 0 aliphatic carbocycles. The minimum absolute atomic E-state index is 0.00359. The Hall–Kier alpha value is -2.76. The summed E-state index contributed by atoms with van der Waals surface area (Å²) in [7, 11) is 0. The van der Waals surface area contributed by atoms with Crippen molar-refractivity contribution in [3.63, 3.8) is 0 Å². The number of benzene rings is 3. The summed E-state index contributed by atoms with van der Waals surface area (Å²) in [6.07, 6.45) is 0. The second-order valence-corrected chi connectivity index (χ2v) is 7.99. The van der Waals surface area contributed by atoms with Gasteiger partial charge in [-0.15, -0.1) is 0 Å². The van der Waals surface area contributed by atoms with Gasteiger partial charge in [0, 0.05) is 30.3 Å². The number of hydrogen-bond acceptors (Lipinski definition) is 3. The molecule has 3 nitrogen and oxygen atoms in total. The molecule has 0 radical (unpaired) electrons. The Balaban J connectivity index is 1.53. The van der Waals surface area contributed by atoms with Gasteiger partial charge in [0.15, 0.2) is 0 Å². The van der Waals surface area contributed by atoms with E-state index >= 15 is 0 Å². The summed E-state index contributed by atoms with van der Waals surface area (Å²) in [6, 6.07) is 20.3. The molecule has 5 heteroatoms. The second kappa shape index (κ2) is 7.25. The van der Waals surface area contributed by atoms with Gasteiger partial charge in [-0.2, -0.15) is 0 Å². The van der Waals surface area contributed by atoms with Gasteiger partial charge in [-0.25, -0.2) is 19.6 Å². The van der Waals surface area contributed by atoms with E-state index in [-0.39, 0.29) is 29.6 Å². The Labute approximate surface area is 169 Å². The molecule has 2 aliphatic heterocycles. The minimum Gasteiger partial charge on any atom is -0.366 e. The van der Waals surface area contributed by atoms with Crippen molar-refractivity contribution < 1.29 is 8.78 Å². The number of fused-ring (bicyclic) bond motifs is 3. The molecule has 148 valence electrons. The molecule has 29 heavy (non-hydrogen) atoms. The smallest absolute Gasteiger partial charge is 0.128 e. The minimum atomic E-state index is -0.254. The maximum Gasteiger partial charge on any atom is 0.128 e. The Morgan fingerprint density at radius 1 is 0.931 bits per heavy atom. The monoisotopic (exact) mass is 391 g/mol. The van der Waals surface area contributed by atoms with E-state index in [1.54, 1.807) is 12.1 Å². The maximum atomic E-state index is 14.3. The molecule has 0 saturated carbocycles. The van der Waals surface area contributed by atoms with Crippen LogP contribution < -0.4 is 15.8 Å². The fraction of sp³-hybridized carbons (Fsp3) is 0.250. The lowest BCUT2D eigenvalue weighted by Crippen LogP contribution is -2.39. The standard InChI is InChI=1S/C24H23F2N3/c1-15-6-8-16(9-7-15)23-20-14-29(13-17-4-2-3-5-21(17)26)22-11-10-18(25)12-19(22)24(20)28-27-23/h2-12,20,23-24,27-28H,13-14H2,1H3. The van der Waals surface area contributed by atoms with Gasteiger partial charge < -0.3 is 4.90 Å². The molecule has 0 spiro atoms. The van der Waals surface area contributed by atoms with E-state index in [4.69, 9.17) is 0 Å². The lowest BCUT2D eigenvalue weighted by Gasteiger charge is -2.39. The average molecular weight is 391 g/mol. The average Bonchev–Trinajstić information content (AvgIpc) is 3.14. The second-order valence-electron chi connectivity index (χ2n) is 7.99. The van der Waals surface area contributed by atoms with Crippen LogP contribution in [-0.4, -0.2) is 6.54 Å². The van der Waals surface area contributed by atoms with E-state index in [9.17, 15) is 8.78 Å². The quantitative estimate of drug-likeness (QED) is 0.672. The molecule has 3 unspecified atom stereocenters. The van der Waals surface area contributed by atoms with Crippen LogP contribution in [0.15, 0.2) is 66.7 Å². The number of halogens is 2. The van der Waals surface area contributed by atoms with Crippen molar-refractivity contribution in [3.8, 4) is 0 Å². The van der Waals surface area contributed by atoms with Gasteiger partial charge in [0.25, 0.3) is 0 Å². The highest BCUT2D eigenvalue weighted by Crippen LogP contribution is 2.45. The molecule has 0 amide bonds. The van der Waals surface area contributed by atoms with Crippen LogP contribution in [0.1, 0.15) is 34.3 Å². The Kier molecular flexibility index (Phi) is 4.57. The lowest BCUT2D eigenvalue weighted by atomic mass is 9.82. The third kappa shape index (κ3) is 3.30. The summed E-state index contributed by atoms with van der Waals surface area (Å²) in [5.74, 6) is -0.273. The van der Waals surface area contributed by atoms with Gasteiger partial charge >= 0.3 is 0 Å². The number of hydrogen-bond donors (Lipinski definition) is 2. The summed E-state index contributed by atoms with van der Waals surface area (Å²) in [4.78, 5) is 2.17. The Morgan fingerprint density at radius 3 is 2.48 bits per heavy atom. The first kappa shape index (κ1) is 18.3. The number of hydrazine groups is 1. The third-order valence-corrected chi connectivity index (χ3v) is 6.10. The van der Waals surface area contributed by atoms with Crippen LogP contribution in [0, 0.1) is 24.5 Å². The number of aryl methyl sites for hydroxylation is 1. The molecule has 2 aliphatic rings. The van der Waals surface area contributed by atoms with Crippen molar-refractivity contribution in [1.29, 1.82) is 0 Å². The molecule has 3 aromatic rings. The van der Waals surface area contributed by atoms with E-state index in [2.05, 4.69) is 46.9 Å². The van der Waals surface area contributed by atoms with Gasteiger partial charge in [0.2, 0.25) is 0 Å². The van der Waals surface area contributed by atoms with Crippen LogP contribution >= 0.6 is 0 Å². The molecule has 3 atom stereocenters. The SMILES string of the molecule is Cc1ccc(C2NNC3c4cc(F)ccc4N(Cc4ccccc4F)CC23)cc1. The highest BCUT2D eigenvalue weighted by molar-refractivity contribution is 5.59. The summed E-state index contributed by atoms with van der Waals surface area (Å²) in [5.41, 5.74) is 11.7.